The van der Waals surface area contributed by atoms with Crippen LogP contribution in [0.1, 0.15) is 12.0 Å². The fraction of sp³-hybridized carbons (Fsp3) is 0.444. The zero-order valence-electron chi connectivity index (χ0n) is 13.0. The van der Waals surface area contributed by atoms with Crippen LogP contribution >= 0.6 is 0 Å². The summed E-state index contributed by atoms with van der Waals surface area (Å²) in [7, 11) is 1.74. The van der Waals surface area contributed by atoms with Gasteiger partial charge >= 0.3 is 0 Å². The summed E-state index contributed by atoms with van der Waals surface area (Å²) in [6.07, 6.45) is 2.96. The van der Waals surface area contributed by atoms with Crippen LogP contribution in [0.15, 0.2) is 47.1 Å². The Morgan fingerprint density at radius 2 is 2.09 bits per heavy atom. The van der Waals surface area contributed by atoms with Gasteiger partial charge in [0, 0.05) is 38.9 Å². The van der Waals surface area contributed by atoms with E-state index in [0.717, 1.165) is 50.6 Å². The van der Waals surface area contributed by atoms with E-state index in [-0.39, 0.29) is 6.10 Å². The number of morpholine rings is 1. The molecule has 4 nitrogen and oxygen atoms in total. The van der Waals surface area contributed by atoms with Crippen molar-refractivity contribution in [3.63, 3.8) is 0 Å². The van der Waals surface area contributed by atoms with Gasteiger partial charge in [0.15, 0.2) is 0 Å². The molecular weight excluding hydrogens is 278 g/mol. The van der Waals surface area contributed by atoms with Crippen LogP contribution < -0.4 is 0 Å². The summed E-state index contributed by atoms with van der Waals surface area (Å²) in [6, 6.07) is 12.5. The van der Waals surface area contributed by atoms with Gasteiger partial charge < -0.3 is 13.9 Å². The first-order valence-corrected chi connectivity index (χ1v) is 7.81. The molecule has 1 atom stereocenters. The van der Waals surface area contributed by atoms with E-state index in [0.29, 0.717) is 0 Å². The van der Waals surface area contributed by atoms with Gasteiger partial charge in [-0.15, -0.1) is 0 Å². The maximum Gasteiger partial charge on any atom is 0.133 e. The van der Waals surface area contributed by atoms with Gasteiger partial charge in [-0.1, -0.05) is 24.3 Å². The highest BCUT2D eigenvalue weighted by Gasteiger charge is 2.20. The monoisotopic (exact) mass is 301 g/mol. The van der Waals surface area contributed by atoms with Gasteiger partial charge in [0.05, 0.1) is 19.0 Å². The van der Waals surface area contributed by atoms with Crippen molar-refractivity contribution in [2.75, 3.05) is 33.4 Å². The van der Waals surface area contributed by atoms with Crippen molar-refractivity contribution in [1.82, 2.24) is 4.90 Å². The Morgan fingerprint density at radius 3 is 2.82 bits per heavy atom. The van der Waals surface area contributed by atoms with Crippen molar-refractivity contribution in [2.24, 2.45) is 0 Å². The minimum atomic E-state index is 0.288. The molecule has 1 saturated heterocycles. The molecule has 1 fully saturated rings. The zero-order chi connectivity index (χ0) is 15.2. The molecule has 0 unspecified atom stereocenters. The predicted octanol–water partition coefficient (Wildman–Crippen LogP) is 3.18. The fourth-order valence-electron chi connectivity index (χ4n) is 2.82. The molecule has 0 amide bonds. The van der Waals surface area contributed by atoms with Crippen LogP contribution in [-0.2, 0) is 16.0 Å². The third-order valence-corrected chi connectivity index (χ3v) is 4.03. The van der Waals surface area contributed by atoms with Crippen LogP contribution in [-0.4, -0.2) is 44.4 Å². The first-order chi connectivity index (χ1) is 10.8. The average molecular weight is 301 g/mol. The summed E-state index contributed by atoms with van der Waals surface area (Å²) in [5, 5.41) is 0. The van der Waals surface area contributed by atoms with E-state index in [9.17, 15) is 0 Å². The first kappa shape index (κ1) is 15.3. The number of hydrogen-bond acceptors (Lipinski definition) is 4. The summed E-state index contributed by atoms with van der Waals surface area (Å²) >= 11 is 0. The minimum absolute atomic E-state index is 0.288. The number of methoxy groups -OCH3 is 1. The SMILES string of the molecule is COCC[C@H]1CN(Cc2ccc(-c3ccco3)cc2)CCO1. The van der Waals surface area contributed by atoms with Crippen molar-refractivity contribution in [3.8, 4) is 11.3 Å². The standard InChI is InChI=1S/C18H23NO3/c1-20-11-8-17-14-19(9-12-21-17)13-15-4-6-16(7-5-15)18-3-2-10-22-18/h2-7,10,17H,8-9,11-14H2,1H3/t17-/m0/s1. The molecule has 2 heterocycles. The summed E-state index contributed by atoms with van der Waals surface area (Å²) in [6.45, 7) is 4.49. The predicted molar refractivity (Wildman–Crippen MR) is 85.7 cm³/mol. The van der Waals surface area contributed by atoms with E-state index < -0.39 is 0 Å². The smallest absolute Gasteiger partial charge is 0.133 e. The number of hydrogen-bond donors (Lipinski definition) is 0. The van der Waals surface area contributed by atoms with Crippen LogP contribution in [0.3, 0.4) is 0 Å². The van der Waals surface area contributed by atoms with E-state index in [2.05, 4.69) is 29.2 Å². The van der Waals surface area contributed by atoms with E-state index >= 15 is 0 Å². The topological polar surface area (TPSA) is 34.8 Å². The van der Waals surface area contributed by atoms with Gasteiger partial charge in [-0.25, -0.2) is 0 Å². The number of nitrogens with zero attached hydrogens (tertiary/aromatic N) is 1. The lowest BCUT2D eigenvalue weighted by Crippen LogP contribution is -2.42. The molecule has 2 aromatic rings. The molecule has 118 valence electrons. The highest BCUT2D eigenvalue weighted by atomic mass is 16.5. The number of benzene rings is 1. The highest BCUT2D eigenvalue weighted by molar-refractivity contribution is 5.57. The summed E-state index contributed by atoms with van der Waals surface area (Å²) in [5.74, 6) is 0.914. The van der Waals surface area contributed by atoms with Gasteiger partial charge in [0.2, 0.25) is 0 Å². The van der Waals surface area contributed by atoms with Gasteiger partial charge in [-0.2, -0.15) is 0 Å². The molecule has 3 rings (SSSR count). The van der Waals surface area contributed by atoms with E-state index in [1.807, 2.05) is 12.1 Å². The Kier molecular flexibility index (Phi) is 5.27. The van der Waals surface area contributed by atoms with Crippen molar-refractivity contribution in [1.29, 1.82) is 0 Å². The summed E-state index contributed by atoms with van der Waals surface area (Å²) in [5.41, 5.74) is 2.44. The fourth-order valence-corrected chi connectivity index (χ4v) is 2.82. The molecule has 0 spiro atoms. The molecule has 0 bridgehead atoms. The second kappa shape index (κ2) is 7.58. The van der Waals surface area contributed by atoms with Gasteiger partial charge in [-0.05, 0) is 24.1 Å². The molecule has 1 aliphatic rings. The molecular formula is C18H23NO3. The zero-order valence-corrected chi connectivity index (χ0v) is 13.0. The van der Waals surface area contributed by atoms with Crippen LogP contribution in [0.4, 0.5) is 0 Å². The van der Waals surface area contributed by atoms with Crippen molar-refractivity contribution in [3.05, 3.63) is 48.2 Å². The Hall–Kier alpha value is -1.62. The van der Waals surface area contributed by atoms with Crippen molar-refractivity contribution >= 4 is 0 Å². The van der Waals surface area contributed by atoms with Crippen LogP contribution in [0.5, 0.6) is 0 Å². The summed E-state index contributed by atoms with van der Waals surface area (Å²) < 4.78 is 16.3. The largest absolute Gasteiger partial charge is 0.464 e. The van der Waals surface area contributed by atoms with Gasteiger partial charge in [0.25, 0.3) is 0 Å². The number of rotatable bonds is 6. The molecule has 4 heteroatoms. The van der Waals surface area contributed by atoms with Gasteiger partial charge in [-0.3, -0.25) is 4.90 Å². The molecule has 1 aliphatic heterocycles. The quantitative estimate of drug-likeness (QED) is 0.821. The van der Waals surface area contributed by atoms with Gasteiger partial charge in [0.1, 0.15) is 5.76 Å². The lowest BCUT2D eigenvalue weighted by atomic mass is 10.1. The Labute approximate surface area is 131 Å². The maximum absolute atomic E-state index is 5.78. The number of ether oxygens (including phenoxy) is 2. The van der Waals surface area contributed by atoms with Crippen LogP contribution in [0.2, 0.25) is 0 Å². The third kappa shape index (κ3) is 3.97. The normalized spacial score (nSPS) is 19.4. The Morgan fingerprint density at radius 1 is 1.23 bits per heavy atom. The maximum atomic E-state index is 5.78. The molecule has 22 heavy (non-hydrogen) atoms. The third-order valence-electron chi connectivity index (χ3n) is 4.03. The number of furan rings is 1. The second-order valence-corrected chi connectivity index (χ2v) is 5.68. The summed E-state index contributed by atoms with van der Waals surface area (Å²) in [4.78, 5) is 2.45. The molecule has 1 aromatic carbocycles. The highest BCUT2D eigenvalue weighted by Crippen LogP contribution is 2.21. The molecule has 0 N–H and O–H groups in total. The van der Waals surface area contributed by atoms with E-state index in [4.69, 9.17) is 13.9 Å². The van der Waals surface area contributed by atoms with Crippen LogP contribution in [0.25, 0.3) is 11.3 Å². The molecule has 0 radical (unpaired) electrons. The van der Waals surface area contributed by atoms with Crippen molar-refractivity contribution in [2.45, 2.75) is 19.1 Å². The molecule has 1 aromatic heterocycles. The first-order valence-electron chi connectivity index (χ1n) is 7.81. The Bertz CT molecular complexity index is 550. The minimum Gasteiger partial charge on any atom is -0.464 e. The Balaban J connectivity index is 1.56. The average Bonchev–Trinajstić information content (AvgIpc) is 3.08. The lowest BCUT2D eigenvalue weighted by molar-refractivity contribution is -0.0432. The molecule has 0 aliphatic carbocycles. The lowest BCUT2D eigenvalue weighted by Gasteiger charge is -2.32. The van der Waals surface area contributed by atoms with Crippen LogP contribution in [0, 0.1) is 0 Å². The van der Waals surface area contributed by atoms with Crippen molar-refractivity contribution < 1.29 is 13.9 Å². The van der Waals surface area contributed by atoms with E-state index in [1.54, 1.807) is 13.4 Å². The molecule has 0 saturated carbocycles. The second-order valence-electron chi connectivity index (χ2n) is 5.68. The van der Waals surface area contributed by atoms with E-state index in [1.165, 1.54) is 5.56 Å².